The lowest BCUT2D eigenvalue weighted by atomic mass is 9.89. The van der Waals surface area contributed by atoms with Crippen LogP contribution >= 0.6 is 11.6 Å². The Morgan fingerprint density at radius 1 is 1.17 bits per heavy atom. The Kier molecular flexibility index (Phi) is 8.68. The molecule has 2 atom stereocenters. The van der Waals surface area contributed by atoms with Gasteiger partial charge in [-0.2, -0.15) is 0 Å². The summed E-state index contributed by atoms with van der Waals surface area (Å²) in [6.45, 7) is 7.87. The van der Waals surface area contributed by atoms with Crippen LogP contribution in [0.15, 0.2) is 49.1 Å². The average molecular weight is 593 g/mol. The first-order chi connectivity index (χ1) is 20.1. The average Bonchev–Trinajstić information content (AvgIpc) is 3.31. The number of methoxy groups -OCH3 is 1. The highest BCUT2D eigenvalue weighted by Gasteiger charge is 2.36. The molecule has 2 aliphatic rings. The van der Waals surface area contributed by atoms with Gasteiger partial charge in [-0.25, -0.2) is 9.78 Å². The molecule has 5 rings (SSSR count). The number of fused-ring (bicyclic) bond motifs is 2. The number of aromatic nitrogens is 3. The predicted molar refractivity (Wildman–Crippen MR) is 161 cm³/mol. The number of hydrogen-bond acceptors (Lipinski definition) is 7. The van der Waals surface area contributed by atoms with Gasteiger partial charge in [0.1, 0.15) is 12.2 Å². The van der Waals surface area contributed by atoms with E-state index in [1.165, 1.54) is 7.11 Å². The van der Waals surface area contributed by atoms with Crippen LogP contribution in [-0.2, 0) is 21.3 Å². The minimum Gasteiger partial charge on any atom is -0.444 e. The Morgan fingerprint density at radius 3 is 2.60 bits per heavy atom. The predicted octanol–water partition coefficient (Wildman–Crippen LogP) is 4.47. The number of imidazole rings is 1. The minimum atomic E-state index is -0.554. The number of nitrogens with zero attached hydrogens (tertiary/aromatic N) is 5. The highest BCUT2D eigenvalue weighted by atomic mass is 35.5. The first-order valence-electron chi connectivity index (χ1n) is 14.0. The largest absolute Gasteiger partial charge is 0.444 e. The Balaban J connectivity index is 1.58. The molecule has 10 nitrogen and oxygen atoms in total. The molecule has 1 aromatic carbocycles. The Hall–Kier alpha value is -3.73. The van der Waals surface area contributed by atoms with Gasteiger partial charge in [-0.1, -0.05) is 23.7 Å². The normalized spacial score (nSPS) is 17.9. The second-order valence-corrected chi connectivity index (χ2v) is 12.0. The molecule has 11 heteroatoms. The standard InChI is InChI=1S/C31H37ClN6O4/c1-31(2,3)42-30(40)38-13-11-37(12-14-38)29-22-9-8-21(32)16-23(22)24(15-20-7-6-10-34-27(20)29)28(35-26(39)18-41-5)25-17-33-19-36(25)4/h6-10,15-17,19,28-29H,11-14,18H2,1-5H3,(H,35,39)/t28-,29+/m1/s1. The van der Waals surface area contributed by atoms with Gasteiger partial charge in [0.25, 0.3) is 0 Å². The summed E-state index contributed by atoms with van der Waals surface area (Å²) in [5, 5.41) is 3.74. The van der Waals surface area contributed by atoms with Crippen molar-refractivity contribution >= 4 is 35.3 Å². The zero-order chi connectivity index (χ0) is 30.0. The Bertz CT molecular complexity index is 1490. The fraction of sp³-hybridized carbons (Fsp3) is 0.419. The quantitative estimate of drug-likeness (QED) is 0.451. The van der Waals surface area contributed by atoms with E-state index in [1.807, 2.05) is 62.7 Å². The van der Waals surface area contributed by atoms with Gasteiger partial charge in [0.15, 0.2) is 0 Å². The zero-order valence-electron chi connectivity index (χ0n) is 24.6. The molecule has 1 fully saturated rings. The van der Waals surface area contributed by atoms with Crippen LogP contribution in [0.3, 0.4) is 0 Å². The number of benzene rings is 1. The maximum atomic E-state index is 12.9. The van der Waals surface area contributed by atoms with E-state index in [2.05, 4.69) is 21.3 Å². The molecule has 1 saturated heterocycles. The maximum Gasteiger partial charge on any atom is 0.410 e. The summed E-state index contributed by atoms with van der Waals surface area (Å²) >= 11 is 6.62. The smallest absolute Gasteiger partial charge is 0.410 e. The van der Waals surface area contributed by atoms with Crippen molar-refractivity contribution in [3.05, 3.63) is 82.2 Å². The summed E-state index contributed by atoms with van der Waals surface area (Å²) in [7, 11) is 3.39. The number of carbonyl (C=O) groups excluding carboxylic acids is 2. The summed E-state index contributed by atoms with van der Waals surface area (Å²) in [4.78, 5) is 39.0. The third kappa shape index (κ3) is 6.35. The van der Waals surface area contributed by atoms with Crippen molar-refractivity contribution in [3.8, 4) is 0 Å². The van der Waals surface area contributed by atoms with E-state index in [9.17, 15) is 9.59 Å². The lowest BCUT2D eigenvalue weighted by Crippen LogP contribution is -2.51. The van der Waals surface area contributed by atoms with E-state index < -0.39 is 11.6 Å². The van der Waals surface area contributed by atoms with Gasteiger partial charge in [0.2, 0.25) is 5.91 Å². The third-order valence-corrected chi connectivity index (χ3v) is 7.67. The van der Waals surface area contributed by atoms with Crippen molar-refractivity contribution in [3.63, 3.8) is 0 Å². The number of hydrogen-bond donors (Lipinski definition) is 1. The number of piperazine rings is 1. The van der Waals surface area contributed by atoms with Crippen LogP contribution in [0.4, 0.5) is 4.79 Å². The Labute approximate surface area is 251 Å². The van der Waals surface area contributed by atoms with Gasteiger partial charge in [-0.3, -0.25) is 14.7 Å². The number of carbonyl (C=O) groups is 2. The van der Waals surface area contributed by atoms with Crippen LogP contribution in [0.25, 0.3) is 11.6 Å². The van der Waals surface area contributed by atoms with Gasteiger partial charge in [0.05, 0.1) is 36.0 Å². The number of rotatable bonds is 6. The van der Waals surface area contributed by atoms with Crippen molar-refractivity contribution in [2.45, 2.75) is 38.5 Å². The second-order valence-electron chi connectivity index (χ2n) is 11.6. The number of halogens is 1. The van der Waals surface area contributed by atoms with Crippen molar-refractivity contribution in [2.24, 2.45) is 7.05 Å². The van der Waals surface area contributed by atoms with E-state index in [1.54, 1.807) is 23.6 Å². The van der Waals surface area contributed by atoms with Crippen LogP contribution in [0.5, 0.6) is 0 Å². The van der Waals surface area contributed by atoms with Gasteiger partial charge in [-0.15, -0.1) is 0 Å². The molecule has 2 amide bonds. The summed E-state index contributed by atoms with van der Waals surface area (Å²) in [6.07, 6.45) is 7.05. The molecule has 0 bridgehead atoms. The van der Waals surface area contributed by atoms with Crippen molar-refractivity contribution in [2.75, 3.05) is 39.9 Å². The lowest BCUT2D eigenvalue weighted by molar-refractivity contribution is -0.125. The molecule has 3 heterocycles. The van der Waals surface area contributed by atoms with Crippen LogP contribution < -0.4 is 5.32 Å². The molecule has 0 saturated carbocycles. The van der Waals surface area contributed by atoms with Gasteiger partial charge >= 0.3 is 6.09 Å². The fourth-order valence-electron chi connectivity index (χ4n) is 5.58. The van der Waals surface area contributed by atoms with Gasteiger partial charge in [-0.05, 0) is 67.3 Å². The fourth-order valence-corrected chi connectivity index (χ4v) is 5.75. The van der Waals surface area contributed by atoms with Crippen LogP contribution in [0.2, 0.25) is 5.02 Å². The molecule has 222 valence electrons. The third-order valence-electron chi connectivity index (χ3n) is 7.43. The van der Waals surface area contributed by atoms with E-state index in [-0.39, 0.29) is 24.6 Å². The molecule has 2 aromatic heterocycles. The maximum absolute atomic E-state index is 12.9. The van der Waals surface area contributed by atoms with Crippen LogP contribution in [0, 0.1) is 0 Å². The lowest BCUT2D eigenvalue weighted by Gasteiger charge is -2.40. The molecule has 42 heavy (non-hydrogen) atoms. The minimum absolute atomic E-state index is 0.0767. The highest BCUT2D eigenvalue weighted by molar-refractivity contribution is 6.30. The zero-order valence-corrected chi connectivity index (χ0v) is 25.4. The van der Waals surface area contributed by atoms with E-state index in [4.69, 9.17) is 26.1 Å². The number of ether oxygens (including phenoxy) is 2. The Morgan fingerprint density at radius 2 is 1.93 bits per heavy atom. The second kappa shape index (κ2) is 12.2. The molecule has 0 unspecified atom stereocenters. The molecule has 1 aliphatic heterocycles. The van der Waals surface area contributed by atoms with Crippen molar-refractivity contribution in [1.29, 1.82) is 0 Å². The van der Waals surface area contributed by atoms with Gasteiger partial charge in [0, 0.05) is 51.6 Å². The van der Waals surface area contributed by atoms with Crippen LogP contribution in [-0.4, -0.2) is 81.8 Å². The summed E-state index contributed by atoms with van der Waals surface area (Å²) in [6, 6.07) is 9.09. The monoisotopic (exact) mass is 592 g/mol. The van der Waals surface area contributed by atoms with Crippen molar-refractivity contribution in [1.82, 2.24) is 29.7 Å². The molecule has 1 N–H and O–H groups in total. The summed E-state index contributed by atoms with van der Waals surface area (Å²) < 4.78 is 12.6. The molecule has 3 aromatic rings. The number of amides is 2. The molecule has 1 aliphatic carbocycles. The van der Waals surface area contributed by atoms with Crippen molar-refractivity contribution < 1.29 is 19.1 Å². The summed E-state index contributed by atoms with van der Waals surface area (Å²) in [5.74, 6) is -0.251. The number of pyridine rings is 1. The van der Waals surface area contributed by atoms with Crippen LogP contribution in [0.1, 0.15) is 60.9 Å². The van der Waals surface area contributed by atoms with E-state index >= 15 is 0 Å². The highest BCUT2D eigenvalue weighted by Crippen LogP contribution is 2.44. The topological polar surface area (TPSA) is 102 Å². The first kappa shape index (κ1) is 29.8. The number of nitrogens with one attached hydrogen (secondary N) is 1. The molecule has 0 radical (unpaired) electrons. The molecule has 0 spiro atoms. The molecular weight excluding hydrogens is 556 g/mol. The molecular formula is C31H37ClN6O4. The SMILES string of the molecule is COCC(=O)N[C@H](C1=Cc2cccnc2[C@@H](N2CCN(C(=O)OC(C)(C)C)CC2)c2ccc(Cl)cc21)c1cncn1C. The summed E-state index contributed by atoms with van der Waals surface area (Å²) in [5.41, 5.74) is 4.88. The van der Waals surface area contributed by atoms with E-state index in [0.29, 0.717) is 31.2 Å². The van der Waals surface area contributed by atoms with Gasteiger partial charge < -0.3 is 24.3 Å². The number of aryl methyl sites for hydroxylation is 1. The van der Waals surface area contributed by atoms with E-state index in [0.717, 1.165) is 33.7 Å². The first-order valence-corrected chi connectivity index (χ1v) is 14.4.